The van der Waals surface area contributed by atoms with Crippen molar-refractivity contribution >= 4 is 17.9 Å². The van der Waals surface area contributed by atoms with Gasteiger partial charge >= 0.3 is 17.4 Å². The largest absolute Gasteiger partial charge is 3.00 e. The molecule has 0 bridgehead atoms. The van der Waals surface area contributed by atoms with Crippen LogP contribution in [0.1, 0.15) is 0 Å². The number of aliphatic hydroxyl groups excluding tert-OH is 6. The minimum absolute atomic E-state index is 0. The van der Waals surface area contributed by atoms with Gasteiger partial charge in [0.1, 0.15) is 18.3 Å². The molecule has 0 aromatic carbocycles. The molecule has 0 fully saturated rings. The van der Waals surface area contributed by atoms with E-state index in [9.17, 15) is 29.7 Å². The first kappa shape index (κ1) is 28.8. The summed E-state index contributed by atoms with van der Waals surface area (Å²) in [5.74, 6) is -4.95. The van der Waals surface area contributed by atoms with E-state index in [2.05, 4.69) is 0 Å². The van der Waals surface area contributed by atoms with Crippen molar-refractivity contribution in [3.8, 4) is 0 Å². The third-order valence-electron chi connectivity index (χ3n) is 1.34. The Labute approximate surface area is 134 Å². The summed E-state index contributed by atoms with van der Waals surface area (Å²) in [5.41, 5.74) is 0. The molecule has 0 amide bonds. The Morgan fingerprint density at radius 1 is 0.636 bits per heavy atom. The molecule has 129 valence electrons. The molecule has 0 heterocycles. The Balaban J connectivity index is -0.000000108. The second-order valence-corrected chi connectivity index (χ2v) is 3.05. The van der Waals surface area contributed by atoms with E-state index in [1.54, 1.807) is 0 Å². The van der Waals surface area contributed by atoms with Crippen molar-refractivity contribution < 1.29 is 77.7 Å². The molecular weight excluding hydrogens is 352 g/mol. The van der Waals surface area contributed by atoms with Gasteiger partial charge in [0.2, 0.25) is 0 Å². The van der Waals surface area contributed by atoms with Crippen LogP contribution in [0, 0.1) is 0 Å². The van der Waals surface area contributed by atoms with Crippen molar-refractivity contribution in [1.82, 2.24) is 0 Å². The molecule has 6 N–H and O–H groups in total. The SMILES string of the molecule is O=C([O-])C(O)CO.O=C([O-])C(O)CO.O=C([O-])C(O)CO.[Cr+3]. The average molecular weight is 367 g/mol. The van der Waals surface area contributed by atoms with Gasteiger partial charge in [0, 0.05) is 0 Å². The summed E-state index contributed by atoms with van der Waals surface area (Å²) in [5, 5.41) is 75.8. The van der Waals surface area contributed by atoms with Gasteiger partial charge in [0.15, 0.2) is 0 Å². The molecule has 22 heavy (non-hydrogen) atoms. The first-order valence-corrected chi connectivity index (χ1v) is 5.04. The van der Waals surface area contributed by atoms with Gasteiger partial charge in [-0.05, 0) is 0 Å². The standard InChI is InChI=1S/3C3H6O4.Cr/c3*4-1-2(5)3(6)7;/h3*2,4-5H,1H2,(H,6,7);/q;;;+3/p-3. The fraction of sp³-hybridized carbons (Fsp3) is 0.667. The Kier molecular flexibility index (Phi) is 23.2. The first-order valence-electron chi connectivity index (χ1n) is 5.04. The van der Waals surface area contributed by atoms with Gasteiger partial charge in [-0.25, -0.2) is 0 Å². The predicted molar refractivity (Wildman–Crippen MR) is 54.3 cm³/mol. The van der Waals surface area contributed by atoms with E-state index < -0.39 is 56.0 Å². The van der Waals surface area contributed by atoms with Crippen LogP contribution in [0.25, 0.3) is 0 Å². The van der Waals surface area contributed by atoms with Crippen LogP contribution in [0.3, 0.4) is 0 Å². The summed E-state index contributed by atoms with van der Waals surface area (Å²) >= 11 is 0. The van der Waals surface area contributed by atoms with Crippen LogP contribution in [0.4, 0.5) is 0 Å². The molecule has 0 aliphatic heterocycles. The molecule has 0 aromatic rings. The number of aliphatic hydroxyl groups is 6. The van der Waals surface area contributed by atoms with Crippen molar-refractivity contribution in [2.75, 3.05) is 19.8 Å². The number of carboxylic acids is 3. The van der Waals surface area contributed by atoms with Crippen LogP contribution in [-0.4, -0.2) is 86.7 Å². The third-order valence-corrected chi connectivity index (χ3v) is 1.34. The van der Waals surface area contributed by atoms with E-state index in [4.69, 9.17) is 30.6 Å². The summed E-state index contributed by atoms with van der Waals surface area (Å²) in [6.07, 6.45) is -5.21. The zero-order chi connectivity index (χ0) is 17.6. The summed E-state index contributed by atoms with van der Waals surface area (Å²) < 4.78 is 0. The summed E-state index contributed by atoms with van der Waals surface area (Å²) in [6, 6.07) is 0. The number of carbonyl (C=O) groups excluding carboxylic acids is 3. The second-order valence-electron chi connectivity index (χ2n) is 3.05. The smallest absolute Gasteiger partial charge is 0.547 e. The molecule has 3 atom stereocenters. The van der Waals surface area contributed by atoms with Crippen LogP contribution in [0.5, 0.6) is 0 Å². The molecule has 0 rings (SSSR count). The normalized spacial score (nSPS) is 12.8. The molecule has 0 spiro atoms. The maximum atomic E-state index is 9.41. The molecule has 13 heteroatoms. The van der Waals surface area contributed by atoms with Crippen LogP contribution in [-0.2, 0) is 31.7 Å². The number of carbonyl (C=O) groups is 3. The van der Waals surface area contributed by atoms with Gasteiger partial charge < -0.3 is 60.3 Å². The zero-order valence-corrected chi connectivity index (χ0v) is 12.2. The molecule has 0 saturated heterocycles. The van der Waals surface area contributed by atoms with Gasteiger partial charge in [-0.15, -0.1) is 0 Å². The molecular formula is C9H15CrO12. The third kappa shape index (κ3) is 21.0. The topological polar surface area (TPSA) is 242 Å². The van der Waals surface area contributed by atoms with Gasteiger partial charge in [0.05, 0.1) is 37.7 Å². The van der Waals surface area contributed by atoms with Crippen molar-refractivity contribution in [3.63, 3.8) is 0 Å². The number of hydrogen-bond acceptors (Lipinski definition) is 12. The molecule has 0 aliphatic rings. The van der Waals surface area contributed by atoms with E-state index in [0.29, 0.717) is 0 Å². The Hall–Kier alpha value is -1.30. The van der Waals surface area contributed by atoms with Gasteiger partial charge in [-0.3, -0.25) is 0 Å². The minimum Gasteiger partial charge on any atom is -0.547 e. The average Bonchev–Trinajstić information content (AvgIpc) is 2.45. The Bertz CT molecular complexity index is 261. The van der Waals surface area contributed by atoms with E-state index >= 15 is 0 Å². The fourth-order valence-electron chi connectivity index (χ4n) is 0.224. The van der Waals surface area contributed by atoms with Gasteiger partial charge in [-0.2, -0.15) is 0 Å². The van der Waals surface area contributed by atoms with Gasteiger partial charge in [-0.1, -0.05) is 0 Å². The van der Waals surface area contributed by atoms with Crippen molar-refractivity contribution in [2.45, 2.75) is 18.3 Å². The summed E-state index contributed by atoms with van der Waals surface area (Å²) in [4.78, 5) is 28.2. The first-order chi connectivity index (χ1) is 9.54. The van der Waals surface area contributed by atoms with Crippen molar-refractivity contribution in [2.24, 2.45) is 0 Å². The number of hydrogen-bond donors (Lipinski definition) is 6. The quantitative estimate of drug-likeness (QED) is 0.256. The maximum Gasteiger partial charge on any atom is 3.00 e. The van der Waals surface area contributed by atoms with E-state index in [1.165, 1.54) is 0 Å². The van der Waals surface area contributed by atoms with E-state index in [0.717, 1.165) is 0 Å². The molecule has 12 nitrogen and oxygen atoms in total. The monoisotopic (exact) mass is 367 g/mol. The summed E-state index contributed by atoms with van der Waals surface area (Å²) in [6.45, 7) is -2.37. The van der Waals surface area contributed by atoms with Crippen LogP contribution >= 0.6 is 0 Å². The van der Waals surface area contributed by atoms with Crippen LogP contribution < -0.4 is 15.3 Å². The fourth-order valence-corrected chi connectivity index (χ4v) is 0.224. The molecule has 3 unspecified atom stereocenters. The zero-order valence-electron chi connectivity index (χ0n) is 10.9. The minimum atomic E-state index is -1.74. The van der Waals surface area contributed by atoms with Crippen molar-refractivity contribution in [1.29, 1.82) is 0 Å². The Morgan fingerprint density at radius 2 is 0.773 bits per heavy atom. The number of carboxylic acid groups (broad SMARTS) is 3. The van der Waals surface area contributed by atoms with Crippen molar-refractivity contribution in [3.05, 3.63) is 0 Å². The molecule has 0 aromatic heterocycles. The van der Waals surface area contributed by atoms with E-state index in [-0.39, 0.29) is 17.4 Å². The summed E-state index contributed by atoms with van der Waals surface area (Å²) in [7, 11) is 0. The predicted octanol–water partition coefficient (Wildman–Crippen LogP) is -8.73. The molecule has 1 radical (unpaired) electrons. The van der Waals surface area contributed by atoms with E-state index in [1.807, 2.05) is 0 Å². The number of aliphatic carboxylic acids is 3. The van der Waals surface area contributed by atoms with Gasteiger partial charge in [0.25, 0.3) is 0 Å². The molecule has 0 aliphatic carbocycles. The molecule has 0 saturated carbocycles. The Morgan fingerprint density at radius 3 is 0.773 bits per heavy atom. The van der Waals surface area contributed by atoms with Crippen LogP contribution in [0.15, 0.2) is 0 Å². The second kappa shape index (κ2) is 17.8. The van der Waals surface area contributed by atoms with Crippen LogP contribution in [0.2, 0.25) is 0 Å². The maximum absolute atomic E-state index is 9.41. The number of rotatable bonds is 6.